The van der Waals surface area contributed by atoms with E-state index in [2.05, 4.69) is 0 Å². The van der Waals surface area contributed by atoms with E-state index >= 15 is 0 Å². The van der Waals surface area contributed by atoms with Gasteiger partial charge in [0.1, 0.15) is 11.6 Å². The van der Waals surface area contributed by atoms with E-state index in [1.54, 1.807) is 0 Å². The van der Waals surface area contributed by atoms with Crippen molar-refractivity contribution in [2.24, 2.45) is 0 Å². The Morgan fingerprint density at radius 1 is 1.27 bits per heavy atom. The molecule has 0 aromatic heterocycles. The third-order valence-corrected chi connectivity index (χ3v) is 1.27. The number of halogens is 1. The monoisotopic (exact) mass is 156 g/mol. The molecule has 0 radical (unpaired) electrons. The van der Waals surface area contributed by atoms with Gasteiger partial charge in [-0.3, -0.25) is 0 Å². The Balaban J connectivity index is 3.13. The quantitative estimate of drug-likeness (QED) is 0.467. The van der Waals surface area contributed by atoms with Crippen molar-refractivity contribution in [3.8, 4) is 5.75 Å². The third kappa shape index (κ3) is 1.69. The van der Waals surface area contributed by atoms with Gasteiger partial charge in [0.05, 0.1) is 0 Å². The van der Waals surface area contributed by atoms with Crippen LogP contribution in [-0.4, -0.2) is 22.3 Å². The molecule has 0 aliphatic rings. The van der Waals surface area contributed by atoms with Crippen molar-refractivity contribution in [1.82, 2.24) is 0 Å². The van der Waals surface area contributed by atoms with Crippen LogP contribution in [0.2, 0.25) is 0 Å². The maximum Gasteiger partial charge on any atom is 0.492 e. The van der Waals surface area contributed by atoms with Crippen LogP contribution in [0.1, 0.15) is 0 Å². The van der Waals surface area contributed by atoms with Gasteiger partial charge in [-0.1, -0.05) is 0 Å². The average Bonchev–Trinajstić information content (AvgIpc) is 1.94. The average molecular weight is 156 g/mol. The lowest BCUT2D eigenvalue weighted by Gasteiger charge is -2.01. The summed E-state index contributed by atoms with van der Waals surface area (Å²) in [5.74, 6) is -0.952. The highest BCUT2D eigenvalue weighted by atomic mass is 19.1. The zero-order valence-electron chi connectivity index (χ0n) is 5.53. The van der Waals surface area contributed by atoms with E-state index in [0.717, 1.165) is 18.2 Å². The first-order valence-electron chi connectivity index (χ1n) is 2.96. The summed E-state index contributed by atoms with van der Waals surface area (Å²) in [7, 11) is -1.84. The fourth-order valence-corrected chi connectivity index (χ4v) is 0.732. The first-order valence-corrected chi connectivity index (χ1v) is 2.96. The summed E-state index contributed by atoms with van der Waals surface area (Å²) in [6.07, 6.45) is 0. The molecule has 0 saturated heterocycles. The van der Waals surface area contributed by atoms with Crippen LogP contribution in [0.3, 0.4) is 0 Å². The Bertz CT molecular complexity index is 264. The number of aromatic hydroxyl groups is 1. The fourth-order valence-electron chi connectivity index (χ4n) is 0.732. The van der Waals surface area contributed by atoms with E-state index in [0.29, 0.717) is 0 Å². The summed E-state index contributed by atoms with van der Waals surface area (Å²) in [5, 5.41) is 26.0. The largest absolute Gasteiger partial charge is 0.508 e. The highest BCUT2D eigenvalue weighted by molar-refractivity contribution is 6.59. The minimum absolute atomic E-state index is 0.231. The molecule has 0 unspecified atom stereocenters. The van der Waals surface area contributed by atoms with E-state index in [1.165, 1.54) is 0 Å². The fraction of sp³-hybridized carbons (Fsp3) is 0. The summed E-state index contributed by atoms with van der Waals surface area (Å²) in [6.45, 7) is 0. The molecule has 3 N–H and O–H groups in total. The van der Waals surface area contributed by atoms with Crippen LogP contribution in [0, 0.1) is 5.82 Å². The molecular weight excluding hydrogens is 150 g/mol. The van der Waals surface area contributed by atoms with Gasteiger partial charge in [0.15, 0.2) is 0 Å². The smallest absolute Gasteiger partial charge is 0.492 e. The second-order valence-electron chi connectivity index (χ2n) is 2.08. The lowest BCUT2D eigenvalue weighted by Crippen LogP contribution is -2.30. The van der Waals surface area contributed by atoms with Crippen molar-refractivity contribution < 1.29 is 19.5 Å². The molecule has 1 aromatic rings. The first-order chi connectivity index (χ1) is 5.11. The summed E-state index contributed by atoms with van der Waals surface area (Å²) in [5.41, 5.74) is -0.231. The molecule has 0 atom stereocenters. The summed E-state index contributed by atoms with van der Waals surface area (Å²) in [4.78, 5) is 0. The van der Waals surface area contributed by atoms with E-state index in [4.69, 9.17) is 15.2 Å². The minimum atomic E-state index is -1.84. The van der Waals surface area contributed by atoms with Gasteiger partial charge in [0.25, 0.3) is 0 Å². The number of hydrogen-bond acceptors (Lipinski definition) is 3. The van der Waals surface area contributed by atoms with Gasteiger partial charge in [-0.15, -0.1) is 0 Å². The van der Waals surface area contributed by atoms with Gasteiger partial charge in [0, 0.05) is 5.46 Å². The molecule has 0 fully saturated rings. The van der Waals surface area contributed by atoms with Crippen LogP contribution in [0.4, 0.5) is 4.39 Å². The maximum atomic E-state index is 12.4. The van der Waals surface area contributed by atoms with Crippen molar-refractivity contribution in [1.29, 1.82) is 0 Å². The number of rotatable bonds is 1. The maximum absolute atomic E-state index is 12.4. The van der Waals surface area contributed by atoms with Crippen molar-refractivity contribution in [3.05, 3.63) is 24.0 Å². The Morgan fingerprint density at radius 3 is 2.36 bits per heavy atom. The van der Waals surface area contributed by atoms with Gasteiger partial charge < -0.3 is 15.2 Å². The number of phenols is 1. The summed E-state index contributed by atoms with van der Waals surface area (Å²) in [6, 6.07) is 2.95. The van der Waals surface area contributed by atoms with Crippen LogP contribution in [0.25, 0.3) is 0 Å². The Hall–Kier alpha value is -1.07. The molecule has 0 bridgehead atoms. The van der Waals surface area contributed by atoms with Crippen molar-refractivity contribution in [3.63, 3.8) is 0 Å². The van der Waals surface area contributed by atoms with Crippen molar-refractivity contribution >= 4 is 12.6 Å². The molecule has 0 aliphatic carbocycles. The zero-order chi connectivity index (χ0) is 8.43. The second kappa shape index (κ2) is 2.90. The molecule has 0 amide bonds. The van der Waals surface area contributed by atoms with Gasteiger partial charge in [-0.05, 0) is 18.2 Å². The number of phenolic OH excluding ortho intramolecular Hbond substituents is 1. The van der Waals surface area contributed by atoms with E-state index < -0.39 is 12.9 Å². The summed E-state index contributed by atoms with van der Waals surface area (Å²) >= 11 is 0. The van der Waals surface area contributed by atoms with Crippen LogP contribution in [-0.2, 0) is 0 Å². The molecular formula is C6H6BFO3. The molecule has 58 valence electrons. The molecule has 0 spiro atoms. The van der Waals surface area contributed by atoms with Crippen LogP contribution < -0.4 is 5.46 Å². The first kappa shape index (κ1) is 8.04. The van der Waals surface area contributed by atoms with Crippen LogP contribution >= 0.6 is 0 Å². The third-order valence-electron chi connectivity index (χ3n) is 1.27. The minimum Gasteiger partial charge on any atom is -0.508 e. The number of hydrogen-bond donors (Lipinski definition) is 3. The predicted molar refractivity (Wildman–Crippen MR) is 37.9 cm³/mol. The van der Waals surface area contributed by atoms with Crippen LogP contribution in [0.5, 0.6) is 5.75 Å². The molecule has 11 heavy (non-hydrogen) atoms. The van der Waals surface area contributed by atoms with Gasteiger partial charge in [-0.25, -0.2) is 4.39 Å². The zero-order valence-corrected chi connectivity index (χ0v) is 5.53. The van der Waals surface area contributed by atoms with Crippen molar-refractivity contribution in [2.45, 2.75) is 0 Å². The van der Waals surface area contributed by atoms with Gasteiger partial charge in [-0.2, -0.15) is 0 Å². The molecule has 5 heteroatoms. The lowest BCUT2D eigenvalue weighted by atomic mass is 9.79. The summed E-state index contributed by atoms with van der Waals surface area (Å²) < 4.78 is 12.4. The van der Waals surface area contributed by atoms with E-state index in [1.807, 2.05) is 0 Å². The molecule has 3 nitrogen and oxygen atoms in total. The Kier molecular flexibility index (Phi) is 2.12. The highest BCUT2D eigenvalue weighted by Gasteiger charge is 2.15. The van der Waals surface area contributed by atoms with Crippen LogP contribution in [0.15, 0.2) is 18.2 Å². The topological polar surface area (TPSA) is 60.7 Å². The van der Waals surface area contributed by atoms with Gasteiger partial charge >= 0.3 is 7.12 Å². The molecule has 0 heterocycles. The van der Waals surface area contributed by atoms with Gasteiger partial charge in [0.2, 0.25) is 0 Å². The molecule has 1 aromatic carbocycles. The molecule has 0 saturated carbocycles. The number of benzene rings is 1. The standard InChI is InChI=1S/C6H6BFO3/c8-4-1-2-6(9)5(3-4)7(10)11/h1-3,9-11H. The second-order valence-corrected chi connectivity index (χ2v) is 2.08. The Morgan fingerprint density at radius 2 is 1.91 bits per heavy atom. The predicted octanol–water partition coefficient (Wildman–Crippen LogP) is -0.789. The van der Waals surface area contributed by atoms with E-state index in [-0.39, 0.29) is 11.2 Å². The Labute approximate surface area is 62.9 Å². The normalized spacial score (nSPS) is 9.73. The SMILES string of the molecule is OB(O)c1cc(F)ccc1O. The molecule has 1 rings (SSSR count). The lowest BCUT2D eigenvalue weighted by molar-refractivity contribution is 0.419. The highest BCUT2D eigenvalue weighted by Crippen LogP contribution is 2.06. The van der Waals surface area contributed by atoms with Crippen molar-refractivity contribution in [2.75, 3.05) is 0 Å². The van der Waals surface area contributed by atoms with E-state index in [9.17, 15) is 4.39 Å². The molecule has 0 aliphatic heterocycles.